The van der Waals surface area contributed by atoms with Crippen molar-refractivity contribution in [1.82, 2.24) is 0 Å². The summed E-state index contributed by atoms with van der Waals surface area (Å²) in [5.41, 5.74) is 1.14. The summed E-state index contributed by atoms with van der Waals surface area (Å²) in [5, 5.41) is 0. The maximum Gasteiger partial charge on any atom is 0.0942 e. The van der Waals surface area contributed by atoms with E-state index < -0.39 is 0 Å². The zero-order valence-electron chi connectivity index (χ0n) is 10.1. The third kappa shape index (κ3) is 3.95. The lowest BCUT2D eigenvalue weighted by atomic mass is 9.95. The Morgan fingerprint density at radius 2 is 1.28 bits per heavy atom. The molecule has 1 unspecified atom stereocenters. The lowest BCUT2D eigenvalue weighted by Crippen LogP contribution is -1.98. The van der Waals surface area contributed by atoms with Gasteiger partial charge in [-0.25, -0.2) is 0 Å². The van der Waals surface area contributed by atoms with Gasteiger partial charge in [0.2, 0.25) is 0 Å². The zero-order chi connectivity index (χ0) is 12.5. The Morgan fingerprint density at radius 1 is 0.667 bits per heavy atom. The molecule has 0 saturated carbocycles. The molecule has 1 aliphatic carbocycles. The van der Waals surface area contributed by atoms with Gasteiger partial charge in [0.15, 0.2) is 0 Å². The highest BCUT2D eigenvalue weighted by molar-refractivity contribution is 5.36. The van der Waals surface area contributed by atoms with E-state index in [4.69, 9.17) is 4.74 Å². The summed E-state index contributed by atoms with van der Waals surface area (Å²) in [6, 6.07) is 0. The van der Waals surface area contributed by atoms with Crippen LogP contribution in [0, 0.1) is 5.92 Å². The van der Waals surface area contributed by atoms with Crippen LogP contribution in [0.5, 0.6) is 0 Å². The number of hydrogen-bond acceptors (Lipinski definition) is 1. The first kappa shape index (κ1) is 12.2. The monoisotopic (exact) mass is 236 g/mol. The smallest absolute Gasteiger partial charge is 0.0942 e. The van der Waals surface area contributed by atoms with Gasteiger partial charge in [0, 0.05) is 5.92 Å². The predicted octanol–water partition coefficient (Wildman–Crippen LogP) is 4.38. The van der Waals surface area contributed by atoms with E-state index in [0.717, 1.165) is 5.57 Å². The van der Waals surface area contributed by atoms with Gasteiger partial charge in [-0.15, -0.1) is 0 Å². The summed E-state index contributed by atoms with van der Waals surface area (Å²) >= 11 is 0. The molecule has 18 heavy (non-hydrogen) atoms. The summed E-state index contributed by atoms with van der Waals surface area (Å²) in [5.74, 6) is 0.274. The van der Waals surface area contributed by atoms with E-state index in [-0.39, 0.29) is 5.92 Å². The molecule has 2 rings (SSSR count). The molecule has 0 N–H and O–H groups in total. The first-order valence-corrected chi connectivity index (χ1v) is 6.00. The summed E-state index contributed by atoms with van der Waals surface area (Å²) in [6.45, 7) is 0. The molecule has 0 fully saturated rings. The topological polar surface area (TPSA) is 9.23 Å². The average Bonchev–Trinajstić information content (AvgIpc) is 2.41. The molecule has 2 aliphatic rings. The third-order valence-corrected chi connectivity index (χ3v) is 2.56. The van der Waals surface area contributed by atoms with Crippen LogP contribution in [0.25, 0.3) is 0 Å². The van der Waals surface area contributed by atoms with Gasteiger partial charge in [-0.2, -0.15) is 0 Å². The summed E-state index contributed by atoms with van der Waals surface area (Å²) < 4.78 is 5.39. The van der Waals surface area contributed by atoms with Crippen LogP contribution < -0.4 is 0 Å². The molecular formula is C17H16O. The van der Waals surface area contributed by atoms with Gasteiger partial charge in [0.05, 0.1) is 12.5 Å². The highest BCUT2D eigenvalue weighted by Crippen LogP contribution is 2.20. The second-order valence-electron chi connectivity index (χ2n) is 3.89. The Kier molecular flexibility index (Phi) is 4.82. The van der Waals surface area contributed by atoms with Gasteiger partial charge in [-0.05, 0) is 11.6 Å². The molecule has 0 spiro atoms. The van der Waals surface area contributed by atoms with Crippen molar-refractivity contribution in [3.63, 3.8) is 0 Å². The molecule has 90 valence electrons. The van der Waals surface area contributed by atoms with Gasteiger partial charge in [0.25, 0.3) is 0 Å². The summed E-state index contributed by atoms with van der Waals surface area (Å²) in [4.78, 5) is 0. The van der Waals surface area contributed by atoms with Gasteiger partial charge >= 0.3 is 0 Å². The molecule has 0 aromatic heterocycles. The van der Waals surface area contributed by atoms with Gasteiger partial charge in [0.1, 0.15) is 0 Å². The van der Waals surface area contributed by atoms with E-state index in [1.807, 2.05) is 48.6 Å². The van der Waals surface area contributed by atoms with Crippen molar-refractivity contribution in [2.24, 2.45) is 5.92 Å². The highest BCUT2D eigenvalue weighted by Gasteiger charge is 2.07. The van der Waals surface area contributed by atoms with Crippen molar-refractivity contribution >= 4 is 0 Å². The predicted molar refractivity (Wildman–Crippen MR) is 76.6 cm³/mol. The van der Waals surface area contributed by atoms with Crippen molar-refractivity contribution in [2.45, 2.75) is 0 Å². The minimum atomic E-state index is 0.274. The minimum Gasteiger partial charge on any atom is -0.472 e. The second kappa shape index (κ2) is 7.13. The average molecular weight is 236 g/mol. The quantitative estimate of drug-likeness (QED) is 0.606. The van der Waals surface area contributed by atoms with E-state index in [1.165, 1.54) is 0 Å². The van der Waals surface area contributed by atoms with Crippen LogP contribution in [-0.4, -0.2) is 0 Å². The van der Waals surface area contributed by atoms with Crippen LogP contribution in [0.3, 0.4) is 0 Å². The van der Waals surface area contributed by atoms with Crippen LogP contribution in [0.15, 0.2) is 97.1 Å². The Balaban J connectivity index is 2.19. The molecule has 0 radical (unpaired) electrons. The Morgan fingerprint density at radius 3 is 2.06 bits per heavy atom. The van der Waals surface area contributed by atoms with E-state index in [2.05, 4.69) is 30.4 Å². The number of hydrogen-bond donors (Lipinski definition) is 0. The molecule has 1 heteroatoms. The molecule has 0 aromatic carbocycles. The molecule has 0 amide bonds. The SMILES string of the molecule is C1=C/C2=C/O\C=C/C=C/C=C\C=C\C=C\C2C=C1. The van der Waals surface area contributed by atoms with E-state index in [9.17, 15) is 0 Å². The van der Waals surface area contributed by atoms with E-state index in [1.54, 1.807) is 12.5 Å². The van der Waals surface area contributed by atoms with E-state index in [0.29, 0.717) is 0 Å². The molecule has 0 bridgehead atoms. The van der Waals surface area contributed by atoms with Crippen molar-refractivity contribution in [1.29, 1.82) is 0 Å². The minimum absolute atomic E-state index is 0.274. The van der Waals surface area contributed by atoms with Crippen molar-refractivity contribution in [3.05, 3.63) is 97.1 Å². The fourth-order valence-corrected chi connectivity index (χ4v) is 1.64. The van der Waals surface area contributed by atoms with Crippen molar-refractivity contribution < 1.29 is 4.74 Å². The Bertz CT molecular complexity index is 494. The molecule has 0 aromatic rings. The Hall–Kier alpha value is -2.28. The van der Waals surface area contributed by atoms with Gasteiger partial charge in [-0.1, -0.05) is 72.9 Å². The number of fused-ring (bicyclic) bond motifs is 1. The van der Waals surface area contributed by atoms with E-state index >= 15 is 0 Å². The van der Waals surface area contributed by atoms with Crippen molar-refractivity contribution in [3.8, 4) is 0 Å². The van der Waals surface area contributed by atoms with Crippen molar-refractivity contribution in [2.75, 3.05) is 0 Å². The fourth-order valence-electron chi connectivity index (χ4n) is 1.64. The molecule has 1 heterocycles. The lowest BCUT2D eigenvalue weighted by molar-refractivity contribution is 0.396. The van der Waals surface area contributed by atoms with Crippen LogP contribution in [0.2, 0.25) is 0 Å². The fraction of sp³-hybridized carbons (Fsp3) is 0.0588. The van der Waals surface area contributed by atoms with Gasteiger partial charge < -0.3 is 4.74 Å². The number of ether oxygens (including phenoxy) is 1. The van der Waals surface area contributed by atoms with Crippen LogP contribution >= 0.6 is 0 Å². The second-order valence-corrected chi connectivity index (χ2v) is 3.89. The maximum atomic E-state index is 5.39. The summed E-state index contributed by atoms with van der Waals surface area (Å²) in [6.07, 6.45) is 29.7. The van der Waals surface area contributed by atoms with Crippen LogP contribution in [0.4, 0.5) is 0 Å². The first-order valence-electron chi connectivity index (χ1n) is 6.00. The summed E-state index contributed by atoms with van der Waals surface area (Å²) in [7, 11) is 0. The standard InChI is InChI=1S/C17H16O/c1-2-4-6-10-14-18-15-17-13-9-8-12-16(17)11-7-5-3-1/h1-16H/b2-1-,5-3+,6-4+,11-7+,14-10-,17-15-. The molecular weight excluding hydrogens is 220 g/mol. The first-order chi connectivity index (χ1) is 8.97. The normalized spacial score (nSPS) is 34.0. The van der Waals surface area contributed by atoms with Crippen LogP contribution in [0.1, 0.15) is 0 Å². The molecule has 1 aliphatic heterocycles. The lowest BCUT2D eigenvalue weighted by Gasteiger charge is -2.11. The maximum absolute atomic E-state index is 5.39. The zero-order valence-corrected chi connectivity index (χ0v) is 10.1. The highest BCUT2D eigenvalue weighted by atomic mass is 16.5. The molecule has 1 atom stereocenters. The van der Waals surface area contributed by atoms with Gasteiger partial charge in [-0.3, -0.25) is 0 Å². The Labute approximate surface area is 108 Å². The number of rotatable bonds is 0. The number of allylic oxidation sites excluding steroid dienone is 14. The largest absolute Gasteiger partial charge is 0.472 e. The van der Waals surface area contributed by atoms with Crippen LogP contribution in [-0.2, 0) is 4.74 Å². The molecule has 0 saturated heterocycles. The molecule has 1 nitrogen and oxygen atoms in total. The third-order valence-electron chi connectivity index (χ3n) is 2.56.